The summed E-state index contributed by atoms with van der Waals surface area (Å²) in [5.74, 6) is -1.13. The molecule has 1 N–H and O–H groups in total. The monoisotopic (exact) mass is 293 g/mol. The highest BCUT2D eigenvalue weighted by atomic mass is 16.5. The van der Waals surface area contributed by atoms with Crippen molar-refractivity contribution in [1.29, 1.82) is 0 Å². The number of carboxylic acids is 1. The summed E-state index contributed by atoms with van der Waals surface area (Å²) in [6.45, 7) is 3.61. The fourth-order valence-corrected chi connectivity index (χ4v) is 2.70. The Balaban J connectivity index is 1.90. The first-order valence-electron chi connectivity index (χ1n) is 7.37. The third-order valence-corrected chi connectivity index (χ3v) is 3.78. The number of hydrogen-bond acceptors (Lipinski definition) is 4. The highest BCUT2D eigenvalue weighted by Gasteiger charge is 2.29. The Bertz CT molecular complexity index is 463. The summed E-state index contributed by atoms with van der Waals surface area (Å²) in [5, 5.41) is 9.31. The minimum absolute atomic E-state index is 0.389. The van der Waals surface area contributed by atoms with E-state index in [0.717, 1.165) is 30.8 Å². The van der Waals surface area contributed by atoms with Gasteiger partial charge in [0.25, 0.3) is 0 Å². The number of methoxy groups -OCH3 is 1. The molecule has 5 heteroatoms. The number of anilines is 1. The number of aliphatic carboxylic acids is 1. The van der Waals surface area contributed by atoms with Crippen LogP contribution < -0.4 is 4.90 Å². The van der Waals surface area contributed by atoms with E-state index in [1.54, 1.807) is 7.11 Å². The van der Waals surface area contributed by atoms with Crippen LogP contribution in [-0.4, -0.2) is 51.1 Å². The Kier molecular flexibility index (Phi) is 6.02. The molecular formula is C16H23NO4. The SMILES string of the molecule is COCCCOCCN1CCC(C(=O)O)c2ccccc21. The summed E-state index contributed by atoms with van der Waals surface area (Å²) in [5.41, 5.74) is 1.94. The van der Waals surface area contributed by atoms with Crippen LogP contribution >= 0.6 is 0 Å². The van der Waals surface area contributed by atoms with Crippen LogP contribution in [0, 0.1) is 0 Å². The maximum atomic E-state index is 11.3. The van der Waals surface area contributed by atoms with Crippen molar-refractivity contribution in [2.24, 2.45) is 0 Å². The Morgan fingerprint density at radius 3 is 2.90 bits per heavy atom. The Labute approximate surface area is 125 Å². The molecule has 0 spiro atoms. The number of carboxylic acid groups (broad SMARTS) is 1. The van der Waals surface area contributed by atoms with Crippen LogP contribution in [0.2, 0.25) is 0 Å². The van der Waals surface area contributed by atoms with E-state index in [1.165, 1.54) is 0 Å². The molecular weight excluding hydrogens is 270 g/mol. The molecule has 0 saturated carbocycles. The minimum atomic E-state index is -0.738. The number of rotatable bonds is 8. The molecule has 21 heavy (non-hydrogen) atoms. The molecule has 1 atom stereocenters. The van der Waals surface area contributed by atoms with Gasteiger partial charge in [0, 0.05) is 39.1 Å². The molecule has 0 amide bonds. The normalized spacial score (nSPS) is 17.6. The molecule has 0 bridgehead atoms. The summed E-state index contributed by atoms with van der Waals surface area (Å²) in [6.07, 6.45) is 1.55. The first-order chi connectivity index (χ1) is 10.2. The third kappa shape index (κ3) is 4.19. The summed E-state index contributed by atoms with van der Waals surface area (Å²) in [7, 11) is 1.68. The zero-order valence-electron chi connectivity index (χ0n) is 12.5. The molecule has 0 radical (unpaired) electrons. The lowest BCUT2D eigenvalue weighted by Crippen LogP contribution is -2.35. The molecule has 5 nitrogen and oxygen atoms in total. The van der Waals surface area contributed by atoms with Crippen molar-refractivity contribution in [2.75, 3.05) is 44.9 Å². The molecule has 1 unspecified atom stereocenters. The van der Waals surface area contributed by atoms with Gasteiger partial charge in [0.05, 0.1) is 12.5 Å². The first-order valence-corrected chi connectivity index (χ1v) is 7.37. The van der Waals surface area contributed by atoms with E-state index in [-0.39, 0.29) is 5.92 Å². The molecule has 1 aromatic carbocycles. The van der Waals surface area contributed by atoms with Crippen molar-refractivity contribution in [1.82, 2.24) is 0 Å². The van der Waals surface area contributed by atoms with E-state index in [2.05, 4.69) is 4.90 Å². The number of ether oxygens (including phenoxy) is 2. The van der Waals surface area contributed by atoms with Gasteiger partial charge in [-0.2, -0.15) is 0 Å². The van der Waals surface area contributed by atoms with E-state index in [1.807, 2.05) is 24.3 Å². The topological polar surface area (TPSA) is 59.0 Å². The molecule has 116 valence electrons. The zero-order chi connectivity index (χ0) is 15.1. The third-order valence-electron chi connectivity index (χ3n) is 3.78. The predicted molar refractivity (Wildman–Crippen MR) is 81.0 cm³/mol. The molecule has 1 aromatic rings. The standard InChI is InChI=1S/C16H23NO4/c1-20-10-4-11-21-12-9-17-8-7-14(16(18)19)13-5-2-3-6-15(13)17/h2-3,5-6,14H,4,7-12H2,1H3,(H,18,19). The quantitative estimate of drug-likeness (QED) is 0.744. The largest absolute Gasteiger partial charge is 0.481 e. The molecule has 0 fully saturated rings. The molecule has 0 saturated heterocycles. The number of fused-ring (bicyclic) bond motifs is 1. The van der Waals surface area contributed by atoms with Crippen LogP contribution in [0.15, 0.2) is 24.3 Å². The van der Waals surface area contributed by atoms with Crippen LogP contribution in [0.4, 0.5) is 5.69 Å². The molecule has 2 rings (SSSR count). The van der Waals surface area contributed by atoms with Crippen molar-refractivity contribution in [3.63, 3.8) is 0 Å². The summed E-state index contributed by atoms with van der Waals surface area (Å²) in [4.78, 5) is 13.5. The van der Waals surface area contributed by atoms with Gasteiger partial charge in [0.1, 0.15) is 0 Å². The minimum Gasteiger partial charge on any atom is -0.481 e. The van der Waals surface area contributed by atoms with Gasteiger partial charge in [0.2, 0.25) is 0 Å². The second kappa shape index (κ2) is 8.00. The molecule has 0 aliphatic carbocycles. The second-order valence-electron chi connectivity index (χ2n) is 5.18. The Hall–Kier alpha value is -1.59. The maximum absolute atomic E-state index is 11.3. The van der Waals surface area contributed by atoms with Gasteiger partial charge in [0.15, 0.2) is 0 Å². The van der Waals surface area contributed by atoms with E-state index in [4.69, 9.17) is 9.47 Å². The van der Waals surface area contributed by atoms with Crippen molar-refractivity contribution in [3.8, 4) is 0 Å². The van der Waals surface area contributed by atoms with Gasteiger partial charge in [-0.15, -0.1) is 0 Å². The molecule has 1 aliphatic rings. The molecule has 1 heterocycles. The van der Waals surface area contributed by atoms with E-state index in [0.29, 0.717) is 26.2 Å². The van der Waals surface area contributed by atoms with Gasteiger partial charge < -0.3 is 19.5 Å². The van der Waals surface area contributed by atoms with Crippen molar-refractivity contribution >= 4 is 11.7 Å². The average Bonchev–Trinajstić information content (AvgIpc) is 2.50. The zero-order valence-corrected chi connectivity index (χ0v) is 12.5. The van der Waals surface area contributed by atoms with E-state index in [9.17, 15) is 9.90 Å². The number of para-hydroxylation sites is 1. The lowest BCUT2D eigenvalue weighted by molar-refractivity contribution is -0.139. The van der Waals surface area contributed by atoms with Crippen molar-refractivity contribution < 1.29 is 19.4 Å². The number of carbonyl (C=O) groups is 1. The lowest BCUT2D eigenvalue weighted by atomic mass is 9.90. The summed E-state index contributed by atoms with van der Waals surface area (Å²) in [6, 6.07) is 7.77. The van der Waals surface area contributed by atoms with Crippen molar-refractivity contribution in [3.05, 3.63) is 29.8 Å². The predicted octanol–water partition coefficient (Wildman–Crippen LogP) is 2.12. The Morgan fingerprint density at radius 2 is 2.14 bits per heavy atom. The highest BCUT2D eigenvalue weighted by Crippen LogP contribution is 2.34. The van der Waals surface area contributed by atoms with Crippen LogP contribution in [0.3, 0.4) is 0 Å². The van der Waals surface area contributed by atoms with E-state index < -0.39 is 5.97 Å². The van der Waals surface area contributed by atoms with Crippen molar-refractivity contribution in [2.45, 2.75) is 18.8 Å². The van der Waals surface area contributed by atoms with Crippen LogP contribution in [0.5, 0.6) is 0 Å². The van der Waals surface area contributed by atoms with E-state index >= 15 is 0 Å². The average molecular weight is 293 g/mol. The molecule has 0 aromatic heterocycles. The number of benzene rings is 1. The van der Waals surface area contributed by atoms with Crippen LogP contribution in [-0.2, 0) is 14.3 Å². The Morgan fingerprint density at radius 1 is 1.33 bits per heavy atom. The first kappa shape index (κ1) is 15.8. The lowest BCUT2D eigenvalue weighted by Gasteiger charge is -2.34. The summed E-state index contributed by atoms with van der Waals surface area (Å²) >= 11 is 0. The molecule has 1 aliphatic heterocycles. The van der Waals surface area contributed by atoms with Gasteiger partial charge in [-0.25, -0.2) is 0 Å². The van der Waals surface area contributed by atoms with Gasteiger partial charge in [-0.05, 0) is 24.5 Å². The fourth-order valence-electron chi connectivity index (χ4n) is 2.70. The van der Waals surface area contributed by atoms with Crippen LogP contribution in [0.25, 0.3) is 0 Å². The smallest absolute Gasteiger partial charge is 0.311 e. The highest BCUT2D eigenvalue weighted by molar-refractivity contribution is 5.80. The van der Waals surface area contributed by atoms with Gasteiger partial charge in [-0.1, -0.05) is 18.2 Å². The summed E-state index contributed by atoms with van der Waals surface area (Å²) < 4.78 is 10.6. The van der Waals surface area contributed by atoms with Gasteiger partial charge in [-0.3, -0.25) is 4.79 Å². The van der Waals surface area contributed by atoms with Crippen LogP contribution in [0.1, 0.15) is 24.3 Å². The second-order valence-corrected chi connectivity index (χ2v) is 5.18. The fraction of sp³-hybridized carbons (Fsp3) is 0.562. The number of nitrogens with zero attached hydrogens (tertiary/aromatic N) is 1. The maximum Gasteiger partial charge on any atom is 0.311 e. The number of hydrogen-bond donors (Lipinski definition) is 1. The van der Waals surface area contributed by atoms with Gasteiger partial charge >= 0.3 is 5.97 Å².